The summed E-state index contributed by atoms with van der Waals surface area (Å²) < 4.78 is 43.3. The van der Waals surface area contributed by atoms with Crippen LogP contribution in [0, 0.1) is 13.8 Å². The lowest BCUT2D eigenvalue weighted by molar-refractivity contribution is -0.167. The van der Waals surface area contributed by atoms with Gasteiger partial charge in [-0.25, -0.2) is 4.79 Å². The fourth-order valence-corrected chi connectivity index (χ4v) is 3.00. The number of aliphatic carboxylic acids is 1. The number of halogens is 3. The van der Waals surface area contributed by atoms with E-state index < -0.39 is 24.0 Å². The molecule has 0 atom stereocenters. The van der Waals surface area contributed by atoms with Crippen molar-refractivity contribution in [3.8, 4) is 0 Å². The third-order valence-electron chi connectivity index (χ3n) is 4.76. The van der Waals surface area contributed by atoms with Gasteiger partial charge in [-0.3, -0.25) is 9.59 Å². The second-order valence-corrected chi connectivity index (χ2v) is 6.63. The summed E-state index contributed by atoms with van der Waals surface area (Å²) in [5.41, 5.74) is 2.63. The Labute approximate surface area is 159 Å². The highest BCUT2D eigenvalue weighted by atomic mass is 19.4. The summed E-state index contributed by atoms with van der Waals surface area (Å²) in [6.45, 7) is 5.07. The largest absolute Gasteiger partial charge is 0.481 e. The molecule has 152 valence electrons. The maximum Gasteiger partial charge on any atom is 0.471 e. The highest BCUT2D eigenvalue weighted by molar-refractivity contribution is 6.06. The van der Waals surface area contributed by atoms with Crippen LogP contribution in [0.3, 0.4) is 0 Å². The molecular formula is C19H20F3NO5. The number of carboxylic acid groups (broad SMARTS) is 1. The predicted octanol–water partition coefficient (Wildman–Crippen LogP) is 3.83. The number of carbonyl (C=O) groups excluding carboxylic acids is 2. The summed E-state index contributed by atoms with van der Waals surface area (Å²) in [7, 11) is 0. The average molecular weight is 399 g/mol. The van der Waals surface area contributed by atoms with E-state index in [0.29, 0.717) is 22.3 Å². The number of fused-ring (bicyclic) bond motifs is 1. The number of esters is 1. The average Bonchev–Trinajstić information content (AvgIpc) is 2.98. The molecule has 1 heterocycles. The fourth-order valence-electron chi connectivity index (χ4n) is 3.00. The molecule has 2 rings (SSSR count). The van der Waals surface area contributed by atoms with Crippen molar-refractivity contribution in [1.82, 2.24) is 0 Å². The summed E-state index contributed by atoms with van der Waals surface area (Å²) in [4.78, 5) is 34.3. The van der Waals surface area contributed by atoms with Gasteiger partial charge < -0.3 is 15.2 Å². The molecule has 6 nitrogen and oxygen atoms in total. The maximum absolute atomic E-state index is 12.8. The lowest BCUT2D eigenvalue weighted by atomic mass is 9.90. The Morgan fingerprint density at radius 3 is 2.43 bits per heavy atom. The molecule has 0 unspecified atom stereocenters. The Bertz CT molecular complexity index is 872. The number of carboxylic acids is 1. The molecule has 1 aromatic carbocycles. The Morgan fingerprint density at radius 2 is 1.86 bits per heavy atom. The quantitative estimate of drug-likeness (QED) is 0.560. The van der Waals surface area contributed by atoms with E-state index in [2.05, 4.69) is 0 Å². The van der Waals surface area contributed by atoms with Crippen molar-refractivity contribution in [1.29, 1.82) is 0 Å². The number of allylic oxidation sites excluding steroid dienone is 2. The van der Waals surface area contributed by atoms with Crippen LogP contribution in [-0.4, -0.2) is 29.1 Å². The molecule has 1 aromatic rings. The number of carbonyl (C=O) groups is 3. The number of benzene rings is 1. The lowest BCUT2D eigenvalue weighted by Crippen LogP contribution is -2.31. The number of anilines is 1. The van der Waals surface area contributed by atoms with Gasteiger partial charge in [0.15, 0.2) is 0 Å². The Hall–Kier alpha value is -2.84. The van der Waals surface area contributed by atoms with Crippen molar-refractivity contribution in [2.24, 2.45) is 0 Å². The molecule has 1 amide bonds. The maximum atomic E-state index is 12.8. The van der Waals surface area contributed by atoms with Gasteiger partial charge in [-0.1, -0.05) is 11.6 Å². The van der Waals surface area contributed by atoms with Crippen LogP contribution in [0.4, 0.5) is 18.9 Å². The zero-order valence-corrected chi connectivity index (χ0v) is 15.6. The molecule has 28 heavy (non-hydrogen) atoms. The molecule has 0 saturated heterocycles. The summed E-state index contributed by atoms with van der Waals surface area (Å²) in [5.74, 6) is -3.92. The van der Waals surface area contributed by atoms with Crippen molar-refractivity contribution in [2.45, 2.75) is 52.8 Å². The van der Waals surface area contributed by atoms with Crippen LogP contribution in [0.15, 0.2) is 11.6 Å². The monoisotopic (exact) mass is 399 g/mol. The molecule has 0 spiro atoms. The van der Waals surface area contributed by atoms with Crippen LogP contribution in [0.25, 0.3) is 0 Å². The molecular weight excluding hydrogens is 379 g/mol. The van der Waals surface area contributed by atoms with E-state index in [0.717, 1.165) is 5.57 Å². The van der Waals surface area contributed by atoms with Crippen molar-refractivity contribution < 1.29 is 37.4 Å². The van der Waals surface area contributed by atoms with Gasteiger partial charge in [0.2, 0.25) is 0 Å². The molecule has 0 bridgehead atoms. The molecule has 0 radical (unpaired) electrons. The first-order valence-electron chi connectivity index (χ1n) is 8.51. The predicted molar refractivity (Wildman–Crippen MR) is 94.1 cm³/mol. The number of nitrogens with one attached hydrogen (secondary N) is 1. The van der Waals surface area contributed by atoms with E-state index in [-0.39, 0.29) is 37.1 Å². The second-order valence-electron chi connectivity index (χ2n) is 6.63. The van der Waals surface area contributed by atoms with E-state index in [1.807, 2.05) is 5.32 Å². The minimum Gasteiger partial charge on any atom is -0.481 e. The van der Waals surface area contributed by atoms with Gasteiger partial charge >= 0.3 is 24.0 Å². The van der Waals surface area contributed by atoms with Gasteiger partial charge in [0, 0.05) is 12.0 Å². The third kappa shape index (κ3) is 4.52. The zero-order chi connectivity index (χ0) is 21.2. The van der Waals surface area contributed by atoms with Crippen LogP contribution in [0.5, 0.6) is 0 Å². The zero-order valence-electron chi connectivity index (χ0n) is 15.6. The van der Waals surface area contributed by atoms with Gasteiger partial charge in [-0.2, -0.15) is 13.2 Å². The van der Waals surface area contributed by atoms with Gasteiger partial charge in [0.25, 0.3) is 0 Å². The van der Waals surface area contributed by atoms with Crippen LogP contribution < -0.4 is 5.32 Å². The Kier molecular flexibility index (Phi) is 6.16. The summed E-state index contributed by atoms with van der Waals surface area (Å²) in [6, 6.07) is 0. The van der Waals surface area contributed by atoms with E-state index in [1.54, 1.807) is 26.8 Å². The highest BCUT2D eigenvalue weighted by Crippen LogP contribution is 2.37. The Balaban J connectivity index is 2.51. The van der Waals surface area contributed by atoms with Gasteiger partial charge in [-0.15, -0.1) is 0 Å². The molecule has 9 heteroatoms. The lowest BCUT2D eigenvalue weighted by Gasteiger charge is -2.19. The van der Waals surface area contributed by atoms with Crippen molar-refractivity contribution in [3.63, 3.8) is 0 Å². The summed E-state index contributed by atoms with van der Waals surface area (Å²) >= 11 is 0. The normalized spacial score (nSPS) is 13.9. The fraction of sp³-hybridized carbons (Fsp3) is 0.421. The van der Waals surface area contributed by atoms with E-state index in [1.165, 1.54) is 0 Å². The van der Waals surface area contributed by atoms with Crippen LogP contribution in [0.1, 0.15) is 52.4 Å². The summed E-state index contributed by atoms with van der Waals surface area (Å²) in [5, 5.41) is 10.6. The number of rotatable bonds is 6. The number of hydrogen-bond acceptors (Lipinski definition) is 4. The first-order chi connectivity index (χ1) is 12.9. The van der Waals surface area contributed by atoms with E-state index >= 15 is 0 Å². The van der Waals surface area contributed by atoms with Gasteiger partial charge in [0.1, 0.15) is 6.61 Å². The topological polar surface area (TPSA) is 92.7 Å². The molecule has 0 aliphatic carbocycles. The Morgan fingerprint density at radius 1 is 1.21 bits per heavy atom. The van der Waals surface area contributed by atoms with Gasteiger partial charge in [0.05, 0.1) is 11.3 Å². The molecule has 1 aliphatic heterocycles. The smallest absolute Gasteiger partial charge is 0.471 e. The SMILES string of the molecule is CC(=CCc1c(C)c(C)c2c(c1NC(=O)C(F)(F)F)C(=O)OC2)CCC(=O)O. The number of alkyl halides is 3. The molecule has 0 aromatic heterocycles. The highest BCUT2D eigenvalue weighted by Gasteiger charge is 2.41. The second kappa shape index (κ2) is 8.04. The van der Waals surface area contributed by atoms with Crippen molar-refractivity contribution in [3.05, 3.63) is 39.5 Å². The first kappa shape index (κ1) is 21.5. The molecule has 2 N–H and O–H groups in total. The van der Waals surface area contributed by atoms with Gasteiger partial charge in [-0.05, 0) is 50.3 Å². The minimum atomic E-state index is -5.11. The third-order valence-corrected chi connectivity index (χ3v) is 4.76. The van der Waals surface area contributed by atoms with E-state index in [4.69, 9.17) is 9.84 Å². The van der Waals surface area contributed by atoms with Crippen LogP contribution in [0.2, 0.25) is 0 Å². The number of ether oxygens (including phenoxy) is 1. The van der Waals surface area contributed by atoms with Crippen molar-refractivity contribution in [2.75, 3.05) is 5.32 Å². The van der Waals surface area contributed by atoms with E-state index in [9.17, 15) is 27.6 Å². The standard InChI is InChI=1S/C19H20F3NO5/c1-9(5-7-14(24)25)4-6-12-10(2)11(3)13-8-28-17(26)15(13)16(12)23-18(27)19(20,21)22/h4H,5-8H2,1-3H3,(H,23,27)(H,24,25). The number of hydrogen-bond donors (Lipinski definition) is 2. The summed E-state index contributed by atoms with van der Waals surface area (Å²) in [6.07, 6.45) is -3.09. The number of amides is 1. The molecule has 0 saturated carbocycles. The molecule has 0 fully saturated rings. The molecule has 1 aliphatic rings. The minimum absolute atomic E-state index is 0.0627. The first-order valence-corrected chi connectivity index (χ1v) is 8.51. The van der Waals surface area contributed by atoms with Crippen molar-refractivity contribution >= 4 is 23.5 Å². The van der Waals surface area contributed by atoms with Crippen LogP contribution in [-0.2, 0) is 27.4 Å². The number of cyclic esters (lactones) is 1. The van der Waals surface area contributed by atoms with Crippen LogP contribution >= 0.6 is 0 Å².